The molecule has 0 saturated heterocycles. The van der Waals surface area contributed by atoms with E-state index < -0.39 is 0 Å². The summed E-state index contributed by atoms with van der Waals surface area (Å²) >= 11 is 0. The van der Waals surface area contributed by atoms with Crippen LogP contribution in [0.3, 0.4) is 0 Å². The number of nitrogens with zero attached hydrogens (tertiary/aromatic N) is 2. The van der Waals surface area contributed by atoms with E-state index in [9.17, 15) is 9.59 Å². The third-order valence-corrected chi connectivity index (χ3v) is 3.88. The molecule has 21 heavy (non-hydrogen) atoms. The second-order valence-electron chi connectivity index (χ2n) is 5.37. The van der Waals surface area contributed by atoms with Gasteiger partial charge in [0.25, 0.3) is 11.5 Å². The van der Waals surface area contributed by atoms with E-state index in [0.29, 0.717) is 24.3 Å². The van der Waals surface area contributed by atoms with E-state index in [-0.39, 0.29) is 11.5 Å². The van der Waals surface area contributed by atoms with E-state index >= 15 is 0 Å². The molecule has 2 N–H and O–H groups in total. The number of hydrogen-bond donors (Lipinski definition) is 1. The second kappa shape index (κ2) is 5.09. The lowest BCUT2D eigenvalue weighted by molar-refractivity contribution is 0.0734. The molecule has 5 nitrogen and oxygen atoms in total. The average Bonchev–Trinajstić information content (AvgIpc) is 2.48. The lowest BCUT2D eigenvalue weighted by Crippen LogP contribution is -2.36. The normalized spacial score (nSPS) is 13.9. The minimum atomic E-state index is -0.178. The summed E-state index contributed by atoms with van der Waals surface area (Å²) in [7, 11) is 1.66. The number of amides is 1. The first-order chi connectivity index (χ1) is 10.0. The molecule has 1 amide bonds. The van der Waals surface area contributed by atoms with Crippen LogP contribution in [-0.4, -0.2) is 21.9 Å². The van der Waals surface area contributed by atoms with Crippen molar-refractivity contribution in [3.05, 3.63) is 63.6 Å². The number of anilines is 1. The van der Waals surface area contributed by atoms with Gasteiger partial charge < -0.3 is 15.2 Å². The van der Waals surface area contributed by atoms with Gasteiger partial charge in [-0.2, -0.15) is 0 Å². The lowest BCUT2D eigenvalue weighted by atomic mass is 9.98. The average molecular weight is 283 g/mol. The van der Waals surface area contributed by atoms with Crippen LogP contribution in [0.1, 0.15) is 21.5 Å². The van der Waals surface area contributed by atoms with Crippen molar-refractivity contribution in [1.29, 1.82) is 0 Å². The molecule has 0 spiro atoms. The van der Waals surface area contributed by atoms with E-state index in [2.05, 4.69) is 0 Å². The molecule has 2 aromatic rings. The summed E-state index contributed by atoms with van der Waals surface area (Å²) in [6.45, 7) is 1.19. The maximum atomic E-state index is 12.5. The zero-order valence-corrected chi connectivity index (χ0v) is 11.9. The fourth-order valence-corrected chi connectivity index (χ4v) is 2.61. The molecule has 2 heterocycles. The summed E-state index contributed by atoms with van der Waals surface area (Å²) in [6, 6.07) is 8.89. The van der Waals surface area contributed by atoms with E-state index in [1.807, 2.05) is 18.2 Å². The number of carbonyl (C=O) groups is 1. The van der Waals surface area contributed by atoms with Crippen molar-refractivity contribution in [3.8, 4) is 0 Å². The van der Waals surface area contributed by atoms with Gasteiger partial charge in [-0.3, -0.25) is 9.59 Å². The number of nitrogens with two attached hydrogens (primary N) is 1. The molecule has 1 aliphatic rings. The highest BCUT2D eigenvalue weighted by Gasteiger charge is 2.22. The second-order valence-corrected chi connectivity index (χ2v) is 5.37. The van der Waals surface area contributed by atoms with E-state index in [1.165, 1.54) is 16.2 Å². The van der Waals surface area contributed by atoms with Crippen LogP contribution in [0.5, 0.6) is 0 Å². The van der Waals surface area contributed by atoms with Gasteiger partial charge in [-0.05, 0) is 35.7 Å². The Hall–Kier alpha value is -2.56. The Labute approximate surface area is 122 Å². The number of nitrogen functional groups attached to an aromatic ring is 1. The zero-order valence-electron chi connectivity index (χ0n) is 11.9. The number of aryl methyl sites for hydroxylation is 1. The molecule has 1 aromatic heterocycles. The van der Waals surface area contributed by atoms with E-state index in [1.54, 1.807) is 24.2 Å². The summed E-state index contributed by atoms with van der Waals surface area (Å²) in [4.78, 5) is 25.9. The molecule has 108 valence electrons. The van der Waals surface area contributed by atoms with Crippen molar-refractivity contribution in [2.75, 3.05) is 12.3 Å². The molecule has 0 unspecified atom stereocenters. The van der Waals surface area contributed by atoms with Gasteiger partial charge in [0.1, 0.15) is 0 Å². The van der Waals surface area contributed by atoms with Crippen LogP contribution in [-0.2, 0) is 20.0 Å². The Morgan fingerprint density at radius 1 is 1.19 bits per heavy atom. The molecule has 1 aliphatic heterocycles. The molecule has 0 radical (unpaired) electrons. The van der Waals surface area contributed by atoms with Gasteiger partial charge in [0.15, 0.2) is 0 Å². The highest BCUT2D eigenvalue weighted by atomic mass is 16.2. The summed E-state index contributed by atoms with van der Waals surface area (Å²) < 4.78 is 1.45. The van der Waals surface area contributed by atoms with Crippen LogP contribution >= 0.6 is 0 Å². The quantitative estimate of drug-likeness (QED) is 0.799. The first-order valence-corrected chi connectivity index (χ1v) is 6.88. The number of rotatable bonds is 1. The van der Waals surface area contributed by atoms with Crippen LogP contribution in [0.4, 0.5) is 5.69 Å². The molecule has 0 saturated carbocycles. The Morgan fingerprint density at radius 3 is 2.76 bits per heavy atom. The molecule has 0 fully saturated rings. The summed E-state index contributed by atoms with van der Waals surface area (Å²) in [5.74, 6) is -0.110. The fraction of sp³-hybridized carbons (Fsp3) is 0.250. The molecular weight excluding hydrogens is 266 g/mol. The van der Waals surface area contributed by atoms with Crippen molar-refractivity contribution in [2.45, 2.75) is 13.0 Å². The third-order valence-electron chi connectivity index (χ3n) is 3.88. The fourth-order valence-electron chi connectivity index (χ4n) is 2.61. The van der Waals surface area contributed by atoms with Crippen LogP contribution in [0.2, 0.25) is 0 Å². The monoisotopic (exact) mass is 283 g/mol. The summed E-state index contributed by atoms with van der Waals surface area (Å²) in [5, 5.41) is 0. The van der Waals surface area contributed by atoms with Crippen molar-refractivity contribution in [1.82, 2.24) is 9.47 Å². The van der Waals surface area contributed by atoms with Crippen molar-refractivity contribution in [2.24, 2.45) is 7.05 Å². The highest BCUT2D eigenvalue weighted by Crippen LogP contribution is 2.22. The van der Waals surface area contributed by atoms with Gasteiger partial charge in [-0.25, -0.2) is 0 Å². The Morgan fingerprint density at radius 2 is 2.00 bits per heavy atom. The molecule has 0 bridgehead atoms. The topological polar surface area (TPSA) is 68.3 Å². The molecule has 3 rings (SSSR count). The molecule has 0 atom stereocenters. The zero-order chi connectivity index (χ0) is 15.0. The Bertz CT molecular complexity index is 764. The Balaban J connectivity index is 1.86. The maximum absolute atomic E-state index is 12.5. The van der Waals surface area contributed by atoms with E-state index in [0.717, 1.165) is 12.0 Å². The molecular formula is C16H17N3O2. The summed E-state index contributed by atoms with van der Waals surface area (Å²) in [6.07, 6.45) is 2.43. The number of carbonyl (C=O) groups excluding carboxylic acids is 1. The van der Waals surface area contributed by atoms with Crippen LogP contribution in [0.15, 0.2) is 41.3 Å². The highest BCUT2D eigenvalue weighted by molar-refractivity contribution is 5.94. The van der Waals surface area contributed by atoms with Gasteiger partial charge >= 0.3 is 0 Å². The molecule has 5 heteroatoms. The van der Waals surface area contributed by atoms with Gasteiger partial charge in [0, 0.05) is 43.7 Å². The van der Waals surface area contributed by atoms with Gasteiger partial charge in [0.05, 0.1) is 0 Å². The standard InChI is InChI=1S/C16H17N3O2/c1-18-6-4-12(9-15(18)20)16(21)19-7-5-11-2-3-14(17)8-13(11)10-19/h2-4,6,8-9H,5,7,10,17H2,1H3. The van der Waals surface area contributed by atoms with Crippen LogP contribution in [0.25, 0.3) is 0 Å². The smallest absolute Gasteiger partial charge is 0.254 e. The van der Waals surface area contributed by atoms with Gasteiger partial charge in [-0.1, -0.05) is 6.07 Å². The molecule has 1 aromatic carbocycles. The van der Waals surface area contributed by atoms with Gasteiger partial charge in [0.2, 0.25) is 0 Å². The number of benzene rings is 1. The number of pyridine rings is 1. The predicted molar refractivity (Wildman–Crippen MR) is 81.0 cm³/mol. The Kier molecular flexibility index (Phi) is 3.25. The SMILES string of the molecule is Cn1ccc(C(=O)N2CCc3ccc(N)cc3C2)cc1=O. The van der Waals surface area contributed by atoms with Crippen LogP contribution in [0, 0.1) is 0 Å². The number of aromatic nitrogens is 1. The van der Waals surface area contributed by atoms with Gasteiger partial charge in [-0.15, -0.1) is 0 Å². The van der Waals surface area contributed by atoms with Crippen molar-refractivity contribution in [3.63, 3.8) is 0 Å². The minimum Gasteiger partial charge on any atom is -0.399 e. The largest absolute Gasteiger partial charge is 0.399 e. The molecule has 0 aliphatic carbocycles. The first kappa shape index (κ1) is 13.4. The van der Waals surface area contributed by atoms with E-state index in [4.69, 9.17) is 5.73 Å². The first-order valence-electron chi connectivity index (χ1n) is 6.88. The number of fused-ring (bicyclic) bond motifs is 1. The lowest BCUT2D eigenvalue weighted by Gasteiger charge is -2.29. The summed E-state index contributed by atoms with van der Waals surface area (Å²) in [5.41, 5.74) is 9.08. The predicted octanol–water partition coefficient (Wildman–Crippen LogP) is 1.17. The van der Waals surface area contributed by atoms with Crippen molar-refractivity contribution >= 4 is 11.6 Å². The maximum Gasteiger partial charge on any atom is 0.254 e. The van der Waals surface area contributed by atoms with Crippen LogP contribution < -0.4 is 11.3 Å². The minimum absolute atomic E-state index is 0.110. The number of hydrogen-bond acceptors (Lipinski definition) is 3. The third kappa shape index (κ3) is 2.54. The van der Waals surface area contributed by atoms with Crippen molar-refractivity contribution < 1.29 is 4.79 Å².